The van der Waals surface area contributed by atoms with Crippen molar-refractivity contribution in [2.24, 2.45) is 0 Å². The third kappa shape index (κ3) is 4.36. The number of nitrogens with zero attached hydrogens (tertiary/aromatic N) is 1. The fourth-order valence-electron chi connectivity index (χ4n) is 1.73. The average molecular weight is 212 g/mol. The molecule has 0 saturated carbocycles. The third-order valence-electron chi connectivity index (χ3n) is 2.33. The van der Waals surface area contributed by atoms with Gasteiger partial charge in [0.05, 0.1) is 6.54 Å². The van der Waals surface area contributed by atoms with E-state index in [1.165, 1.54) is 17.9 Å². The molecule has 1 heterocycles. The Morgan fingerprint density at radius 2 is 2.50 bits per heavy atom. The molecule has 1 aliphatic heterocycles. The van der Waals surface area contributed by atoms with Crippen LogP contribution in [-0.2, 0) is 0 Å². The van der Waals surface area contributed by atoms with Crippen LogP contribution in [0.25, 0.3) is 0 Å². The highest BCUT2D eigenvalue weighted by Crippen LogP contribution is 2.08. The van der Waals surface area contributed by atoms with Crippen molar-refractivity contribution in [2.45, 2.75) is 19.4 Å². The first-order valence-electron chi connectivity index (χ1n) is 5.33. The summed E-state index contributed by atoms with van der Waals surface area (Å²) in [4.78, 5) is 2.36. The van der Waals surface area contributed by atoms with Crippen LogP contribution in [0.15, 0.2) is 0 Å². The summed E-state index contributed by atoms with van der Waals surface area (Å²) >= 11 is 2.04. The van der Waals surface area contributed by atoms with Crippen LogP contribution in [0.3, 0.4) is 0 Å². The smallest absolute Gasteiger partial charge is 0.0599 e. The molecule has 0 aromatic carbocycles. The predicted molar refractivity (Wildman–Crippen MR) is 64.7 cm³/mol. The van der Waals surface area contributed by atoms with Crippen LogP contribution in [0.4, 0.5) is 0 Å². The summed E-state index contributed by atoms with van der Waals surface area (Å²) in [6.07, 6.45) is 6.53. The minimum atomic E-state index is 0.633. The van der Waals surface area contributed by atoms with E-state index in [0.717, 1.165) is 26.2 Å². The van der Waals surface area contributed by atoms with Crippen molar-refractivity contribution in [3.63, 3.8) is 0 Å². The lowest BCUT2D eigenvalue weighted by Crippen LogP contribution is -2.46. The van der Waals surface area contributed by atoms with Gasteiger partial charge in [-0.2, -0.15) is 11.8 Å². The molecule has 3 heteroatoms. The predicted octanol–water partition coefficient (Wildman–Crippen LogP) is 1.04. The second kappa shape index (κ2) is 7.17. The van der Waals surface area contributed by atoms with Crippen LogP contribution in [0.5, 0.6) is 0 Å². The summed E-state index contributed by atoms with van der Waals surface area (Å²) in [6, 6.07) is 0.633. The quantitative estimate of drug-likeness (QED) is 0.686. The molecule has 0 amide bonds. The number of rotatable bonds is 5. The van der Waals surface area contributed by atoms with Crippen LogP contribution >= 0.6 is 11.8 Å². The van der Waals surface area contributed by atoms with E-state index in [-0.39, 0.29) is 0 Å². The van der Waals surface area contributed by atoms with Gasteiger partial charge < -0.3 is 5.32 Å². The van der Waals surface area contributed by atoms with E-state index in [1.54, 1.807) is 0 Å². The fourth-order valence-corrected chi connectivity index (χ4v) is 2.67. The fraction of sp³-hybridized carbons (Fsp3) is 0.818. The Morgan fingerprint density at radius 3 is 3.07 bits per heavy atom. The van der Waals surface area contributed by atoms with Gasteiger partial charge in [0.25, 0.3) is 0 Å². The van der Waals surface area contributed by atoms with E-state index in [4.69, 9.17) is 6.42 Å². The Morgan fingerprint density at radius 1 is 1.64 bits per heavy atom. The maximum Gasteiger partial charge on any atom is 0.0599 e. The first-order chi connectivity index (χ1) is 6.86. The molecule has 1 unspecified atom stereocenters. The molecule has 1 atom stereocenters. The number of hydrogen-bond donors (Lipinski definition) is 1. The minimum absolute atomic E-state index is 0.633. The van der Waals surface area contributed by atoms with Crippen LogP contribution in [0.2, 0.25) is 0 Å². The molecule has 1 saturated heterocycles. The molecule has 0 spiro atoms. The second-order valence-electron chi connectivity index (χ2n) is 3.67. The van der Waals surface area contributed by atoms with Crippen LogP contribution in [0.1, 0.15) is 13.3 Å². The molecule has 0 aliphatic carbocycles. The van der Waals surface area contributed by atoms with Crippen molar-refractivity contribution in [2.75, 3.05) is 37.7 Å². The Hall–Kier alpha value is -0.170. The lowest BCUT2D eigenvalue weighted by Gasteiger charge is -2.28. The molecule has 14 heavy (non-hydrogen) atoms. The third-order valence-corrected chi connectivity index (χ3v) is 3.46. The molecule has 0 radical (unpaired) electrons. The first-order valence-corrected chi connectivity index (χ1v) is 6.49. The van der Waals surface area contributed by atoms with Gasteiger partial charge in [0.2, 0.25) is 0 Å². The molecule has 1 aliphatic rings. The van der Waals surface area contributed by atoms with Crippen molar-refractivity contribution in [3.05, 3.63) is 0 Å². The molecular weight excluding hydrogens is 192 g/mol. The van der Waals surface area contributed by atoms with Crippen LogP contribution in [0, 0.1) is 12.3 Å². The van der Waals surface area contributed by atoms with Crippen molar-refractivity contribution < 1.29 is 0 Å². The topological polar surface area (TPSA) is 15.3 Å². The van der Waals surface area contributed by atoms with Gasteiger partial charge in [-0.15, -0.1) is 6.42 Å². The van der Waals surface area contributed by atoms with E-state index in [2.05, 4.69) is 23.1 Å². The Labute approximate surface area is 91.8 Å². The zero-order chi connectivity index (χ0) is 10.2. The number of hydrogen-bond acceptors (Lipinski definition) is 3. The van der Waals surface area contributed by atoms with Gasteiger partial charge in [0.15, 0.2) is 0 Å². The van der Waals surface area contributed by atoms with E-state index in [1.807, 2.05) is 11.8 Å². The van der Waals surface area contributed by atoms with Gasteiger partial charge in [0, 0.05) is 30.6 Å². The van der Waals surface area contributed by atoms with E-state index in [9.17, 15) is 0 Å². The van der Waals surface area contributed by atoms with Crippen molar-refractivity contribution in [1.82, 2.24) is 10.2 Å². The van der Waals surface area contributed by atoms with E-state index in [0.29, 0.717) is 6.04 Å². The highest BCUT2D eigenvalue weighted by atomic mass is 32.2. The van der Waals surface area contributed by atoms with Crippen LogP contribution < -0.4 is 5.32 Å². The summed E-state index contributed by atoms with van der Waals surface area (Å²) in [6.45, 7) is 6.35. The van der Waals surface area contributed by atoms with Gasteiger partial charge >= 0.3 is 0 Å². The molecule has 1 rings (SSSR count). The van der Waals surface area contributed by atoms with E-state index >= 15 is 0 Å². The molecule has 1 fully saturated rings. The molecule has 0 aromatic heterocycles. The summed E-state index contributed by atoms with van der Waals surface area (Å²) in [7, 11) is 0. The highest BCUT2D eigenvalue weighted by molar-refractivity contribution is 7.99. The lowest BCUT2D eigenvalue weighted by atomic mass is 10.2. The van der Waals surface area contributed by atoms with Gasteiger partial charge in [-0.25, -0.2) is 0 Å². The normalized spacial score (nSPS) is 22.2. The zero-order valence-corrected chi connectivity index (χ0v) is 9.78. The van der Waals surface area contributed by atoms with Crippen molar-refractivity contribution in [3.8, 4) is 12.3 Å². The Kier molecular flexibility index (Phi) is 6.09. The minimum Gasteiger partial charge on any atom is -0.311 e. The van der Waals surface area contributed by atoms with Crippen molar-refractivity contribution in [1.29, 1.82) is 0 Å². The largest absolute Gasteiger partial charge is 0.311 e. The first kappa shape index (κ1) is 11.9. The monoisotopic (exact) mass is 212 g/mol. The summed E-state index contributed by atoms with van der Waals surface area (Å²) in [5.41, 5.74) is 0. The summed E-state index contributed by atoms with van der Waals surface area (Å²) < 4.78 is 0. The highest BCUT2D eigenvalue weighted by Gasteiger charge is 2.15. The summed E-state index contributed by atoms with van der Waals surface area (Å²) in [5, 5.41) is 3.54. The maximum atomic E-state index is 5.35. The lowest BCUT2D eigenvalue weighted by molar-refractivity contribution is 0.277. The Bertz CT molecular complexity index is 182. The number of terminal acetylenes is 1. The van der Waals surface area contributed by atoms with Gasteiger partial charge in [-0.3, -0.25) is 4.90 Å². The standard InChI is InChI=1S/C11H20N2S/c1-3-6-13(7-4-2)9-11-10-14-8-5-12-11/h1,11-12H,4-10H2,2H3. The van der Waals surface area contributed by atoms with Gasteiger partial charge in [0.1, 0.15) is 0 Å². The number of nitrogens with one attached hydrogen (secondary N) is 1. The molecule has 0 bridgehead atoms. The molecule has 80 valence electrons. The molecule has 1 N–H and O–H groups in total. The van der Waals surface area contributed by atoms with Gasteiger partial charge in [-0.1, -0.05) is 12.8 Å². The van der Waals surface area contributed by atoms with Crippen LogP contribution in [-0.4, -0.2) is 48.6 Å². The maximum absolute atomic E-state index is 5.35. The van der Waals surface area contributed by atoms with Gasteiger partial charge in [-0.05, 0) is 13.0 Å². The summed E-state index contributed by atoms with van der Waals surface area (Å²) in [5.74, 6) is 5.21. The average Bonchev–Trinajstić information content (AvgIpc) is 2.20. The number of thioether (sulfide) groups is 1. The molecule has 0 aromatic rings. The van der Waals surface area contributed by atoms with E-state index < -0.39 is 0 Å². The Balaban J connectivity index is 2.26. The zero-order valence-electron chi connectivity index (χ0n) is 8.96. The van der Waals surface area contributed by atoms with Crippen molar-refractivity contribution >= 4 is 11.8 Å². The molecule has 2 nitrogen and oxygen atoms in total. The second-order valence-corrected chi connectivity index (χ2v) is 4.82. The SMILES string of the molecule is C#CCN(CCC)CC1CSCCN1. The molecular formula is C11H20N2S.